The van der Waals surface area contributed by atoms with Crippen molar-refractivity contribution in [2.75, 3.05) is 26.4 Å². The summed E-state index contributed by atoms with van der Waals surface area (Å²) in [5, 5.41) is 0. The Bertz CT molecular complexity index is 702. The van der Waals surface area contributed by atoms with Crippen LogP contribution < -0.4 is 0 Å². The van der Waals surface area contributed by atoms with Crippen LogP contribution in [-0.4, -0.2) is 34.3 Å². The van der Waals surface area contributed by atoms with Gasteiger partial charge in [-0.1, -0.05) is 48.7 Å². The molecule has 0 bridgehead atoms. The molecule has 12 heteroatoms. The zero-order valence-corrected chi connectivity index (χ0v) is 22.6. The summed E-state index contributed by atoms with van der Waals surface area (Å²) in [7, 11) is -6.76. The van der Waals surface area contributed by atoms with E-state index in [-0.39, 0.29) is 34.3 Å². The van der Waals surface area contributed by atoms with Gasteiger partial charge in [0.2, 0.25) is 0 Å². The van der Waals surface area contributed by atoms with Crippen molar-refractivity contribution in [3.8, 4) is 0 Å². The van der Waals surface area contributed by atoms with Gasteiger partial charge in [-0.2, -0.15) is 0 Å². The molecule has 6 nitrogen and oxygen atoms in total. The minimum atomic E-state index is -3.38. The molecule has 0 fully saturated rings. The fourth-order valence-corrected chi connectivity index (χ4v) is 8.31. The minimum absolute atomic E-state index is 0.235. The normalized spacial score (nSPS) is 12.1. The summed E-state index contributed by atoms with van der Waals surface area (Å²) in [5.74, 6) is 1.11. The van der Waals surface area contributed by atoms with Gasteiger partial charge < -0.3 is 18.1 Å². The molecule has 0 unspecified atom stereocenters. The third kappa shape index (κ3) is 9.10. The van der Waals surface area contributed by atoms with Gasteiger partial charge in [-0.15, -0.1) is 23.5 Å². The van der Waals surface area contributed by atoms with Gasteiger partial charge >= 0.3 is 15.2 Å². The maximum Gasteiger partial charge on any atom is 0.378 e. The van der Waals surface area contributed by atoms with Gasteiger partial charge in [0, 0.05) is 11.5 Å². The lowest BCUT2D eigenvalue weighted by Gasteiger charge is -2.17. The Morgan fingerprint density at radius 3 is 1.20 bits per heavy atom. The monoisotopic (exact) mass is 530 g/mol. The molecule has 0 aliphatic heterocycles. The molecule has 0 amide bonds. The van der Waals surface area contributed by atoms with Gasteiger partial charge in [0.05, 0.1) is 26.4 Å². The average molecular weight is 531 g/mol. The van der Waals surface area contributed by atoms with Crippen LogP contribution in [0.5, 0.6) is 0 Å². The Hall–Kier alpha value is 0.400. The highest BCUT2D eigenvalue weighted by molar-refractivity contribution is 8.35. The van der Waals surface area contributed by atoms with Crippen LogP contribution in [0, 0.1) is 0 Å². The zero-order valence-electron chi connectivity index (χ0n) is 17.5. The van der Waals surface area contributed by atoms with Crippen LogP contribution in [-0.2, 0) is 38.7 Å². The number of hydrogen-bond acceptors (Lipinski definition) is 10. The summed E-state index contributed by atoms with van der Waals surface area (Å²) in [6.45, 7) is 8.09. The summed E-state index contributed by atoms with van der Waals surface area (Å²) in [4.78, 5) is 0. The number of benzene rings is 1. The standard InChI is InChI=1S/C18H28O6P2S4/c1-5-21-25(19,22-6-2)17(27)29-13-15-9-11-16(12-10-15)14-30-18(28)26(20,23-7-3)24-8-4/h9-12H,5-8,13-14H2,1-4H3. The predicted molar refractivity (Wildman–Crippen MR) is 136 cm³/mol. The molecule has 0 atom stereocenters. The molecular weight excluding hydrogens is 502 g/mol. The Kier molecular flexibility index (Phi) is 13.8. The maximum atomic E-state index is 12.6. The van der Waals surface area contributed by atoms with Crippen LogP contribution in [0.1, 0.15) is 38.8 Å². The van der Waals surface area contributed by atoms with Gasteiger partial charge in [-0.3, -0.25) is 9.13 Å². The van der Waals surface area contributed by atoms with E-state index in [0.717, 1.165) is 11.1 Å². The number of thioether (sulfide) groups is 2. The zero-order chi connectivity index (χ0) is 22.6. The van der Waals surface area contributed by atoms with Crippen molar-refractivity contribution in [1.29, 1.82) is 0 Å². The van der Waals surface area contributed by atoms with Crippen molar-refractivity contribution in [3.63, 3.8) is 0 Å². The molecule has 0 spiro atoms. The van der Waals surface area contributed by atoms with Crippen molar-refractivity contribution in [1.82, 2.24) is 0 Å². The van der Waals surface area contributed by atoms with E-state index in [1.165, 1.54) is 23.5 Å². The molecule has 0 aromatic heterocycles. The van der Waals surface area contributed by atoms with Crippen molar-refractivity contribution >= 4 is 71.0 Å². The smallest absolute Gasteiger partial charge is 0.305 e. The molecule has 0 saturated carbocycles. The molecule has 30 heavy (non-hydrogen) atoms. The van der Waals surface area contributed by atoms with Gasteiger partial charge in [0.15, 0.2) is 7.88 Å². The lowest BCUT2D eigenvalue weighted by molar-refractivity contribution is 0.232. The molecule has 0 radical (unpaired) electrons. The summed E-state index contributed by atoms with van der Waals surface area (Å²) >= 11 is 13.1. The first-order valence-electron chi connectivity index (χ1n) is 9.45. The topological polar surface area (TPSA) is 71.1 Å². The molecule has 0 saturated heterocycles. The van der Waals surface area contributed by atoms with Crippen LogP contribution in [0.3, 0.4) is 0 Å². The highest BCUT2D eigenvalue weighted by atomic mass is 32.2. The first-order chi connectivity index (χ1) is 14.2. The Morgan fingerprint density at radius 1 is 0.700 bits per heavy atom. The molecule has 0 N–H and O–H groups in total. The lowest BCUT2D eigenvalue weighted by atomic mass is 10.2. The number of hydrogen-bond donors (Lipinski definition) is 0. The van der Waals surface area contributed by atoms with Gasteiger partial charge in [-0.05, 0) is 38.8 Å². The van der Waals surface area contributed by atoms with Crippen LogP contribution in [0.2, 0.25) is 0 Å². The molecule has 0 heterocycles. The second kappa shape index (κ2) is 14.5. The molecule has 1 aromatic carbocycles. The lowest BCUT2D eigenvalue weighted by Crippen LogP contribution is -2.03. The van der Waals surface area contributed by atoms with Crippen molar-refractivity contribution in [3.05, 3.63) is 35.4 Å². The van der Waals surface area contributed by atoms with E-state index < -0.39 is 15.2 Å². The van der Waals surface area contributed by atoms with E-state index in [9.17, 15) is 9.13 Å². The van der Waals surface area contributed by atoms with Crippen LogP contribution in [0.25, 0.3) is 0 Å². The Balaban J connectivity index is 2.63. The third-order valence-electron chi connectivity index (χ3n) is 3.39. The summed E-state index contributed by atoms with van der Waals surface area (Å²) in [6.07, 6.45) is 0. The maximum absolute atomic E-state index is 12.6. The molecular formula is C18H28O6P2S4. The van der Waals surface area contributed by atoms with E-state index in [1.54, 1.807) is 27.7 Å². The minimum Gasteiger partial charge on any atom is -0.305 e. The molecule has 0 aliphatic rings. The van der Waals surface area contributed by atoms with Crippen molar-refractivity contribution in [2.24, 2.45) is 0 Å². The predicted octanol–water partition coefficient (Wildman–Crippen LogP) is 7.26. The van der Waals surface area contributed by atoms with E-state index in [2.05, 4.69) is 0 Å². The van der Waals surface area contributed by atoms with Crippen molar-refractivity contribution < 1.29 is 27.2 Å². The van der Waals surface area contributed by atoms with Crippen LogP contribution >= 0.6 is 63.2 Å². The third-order valence-corrected chi connectivity index (χ3v) is 12.3. The Labute approximate surface area is 198 Å². The Morgan fingerprint density at radius 2 is 0.967 bits per heavy atom. The summed E-state index contributed by atoms with van der Waals surface area (Å²) in [5.41, 5.74) is 2.04. The van der Waals surface area contributed by atoms with Gasteiger partial charge in [0.25, 0.3) is 0 Å². The molecule has 170 valence electrons. The molecule has 0 aliphatic carbocycles. The molecule has 1 rings (SSSR count). The number of rotatable bonds is 14. The fraction of sp³-hybridized carbons (Fsp3) is 0.556. The second-order valence-corrected chi connectivity index (χ2v) is 14.0. The van der Waals surface area contributed by atoms with Crippen LogP contribution in [0.4, 0.5) is 0 Å². The SMILES string of the molecule is CCOP(=O)(OCC)C(=S)SCc1ccc(CSC(=S)P(=O)(OCC)OCC)cc1. The quantitative estimate of drug-likeness (QED) is 0.181. The first kappa shape index (κ1) is 28.4. The largest absolute Gasteiger partial charge is 0.378 e. The fourth-order valence-electron chi connectivity index (χ4n) is 2.15. The first-order valence-corrected chi connectivity index (χ1v) is 15.3. The van der Waals surface area contributed by atoms with Crippen molar-refractivity contribution in [2.45, 2.75) is 39.2 Å². The van der Waals surface area contributed by atoms with Crippen LogP contribution in [0.15, 0.2) is 24.3 Å². The number of thiocarbonyl (C=S) groups is 2. The highest BCUT2D eigenvalue weighted by Gasteiger charge is 2.31. The highest BCUT2D eigenvalue weighted by Crippen LogP contribution is 2.54. The van der Waals surface area contributed by atoms with Gasteiger partial charge in [-0.25, -0.2) is 0 Å². The summed E-state index contributed by atoms with van der Waals surface area (Å²) < 4.78 is 46.8. The van der Waals surface area contributed by atoms with E-state index in [0.29, 0.717) is 11.5 Å². The molecule has 1 aromatic rings. The van der Waals surface area contributed by atoms with E-state index in [1.807, 2.05) is 24.3 Å². The summed E-state index contributed by atoms with van der Waals surface area (Å²) in [6, 6.07) is 7.86. The van der Waals surface area contributed by atoms with E-state index >= 15 is 0 Å². The average Bonchev–Trinajstić information content (AvgIpc) is 2.71. The van der Waals surface area contributed by atoms with Gasteiger partial charge in [0.1, 0.15) is 0 Å². The van der Waals surface area contributed by atoms with E-state index in [4.69, 9.17) is 42.5 Å². The second-order valence-electron chi connectivity index (χ2n) is 5.59.